The quantitative estimate of drug-likeness (QED) is 0.821. The molecule has 2 aromatic rings. The average Bonchev–Trinajstić information content (AvgIpc) is 2.52. The molecule has 0 saturated carbocycles. The lowest BCUT2D eigenvalue weighted by Crippen LogP contribution is -2.37. The van der Waals surface area contributed by atoms with Crippen LogP contribution in [0, 0.1) is 5.92 Å². The zero-order valence-electron chi connectivity index (χ0n) is 12.0. The Labute approximate surface area is 125 Å². The van der Waals surface area contributed by atoms with Gasteiger partial charge in [-0.25, -0.2) is 0 Å². The van der Waals surface area contributed by atoms with Gasteiger partial charge in [-0.15, -0.1) is 0 Å². The van der Waals surface area contributed by atoms with Crippen molar-refractivity contribution in [1.29, 1.82) is 0 Å². The number of aliphatic carboxylic acids is 1. The van der Waals surface area contributed by atoms with Crippen LogP contribution in [-0.2, 0) is 17.6 Å². The number of hydrogen-bond donors (Lipinski definition) is 2. The molecule has 0 fully saturated rings. The maximum absolute atomic E-state index is 11.5. The van der Waals surface area contributed by atoms with Crippen LogP contribution in [0.15, 0.2) is 60.7 Å². The third-order valence-electron chi connectivity index (χ3n) is 3.74. The monoisotopic (exact) mass is 283 g/mol. The SMILES string of the molecule is N[C@H](CCc1ccccc1)[C@@H](Cc1ccccc1)C(=O)O. The van der Waals surface area contributed by atoms with E-state index in [4.69, 9.17) is 5.73 Å². The van der Waals surface area contributed by atoms with Crippen LogP contribution in [0.4, 0.5) is 0 Å². The van der Waals surface area contributed by atoms with E-state index < -0.39 is 11.9 Å². The second kappa shape index (κ2) is 7.60. The molecule has 2 rings (SSSR count). The molecule has 0 radical (unpaired) electrons. The molecule has 0 bridgehead atoms. The van der Waals surface area contributed by atoms with Gasteiger partial charge in [0.25, 0.3) is 0 Å². The van der Waals surface area contributed by atoms with Gasteiger partial charge in [-0.05, 0) is 30.4 Å². The van der Waals surface area contributed by atoms with Crippen molar-refractivity contribution < 1.29 is 9.90 Å². The minimum absolute atomic E-state index is 0.345. The highest BCUT2D eigenvalue weighted by Crippen LogP contribution is 2.16. The number of benzene rings is 2. The van der Waals surface area contributed by atoms with Crippen LogP contribution in [0.3, 0.4) is 0 Å². The van der Waals surface area contributed by atoms with Crippen molar-refractivity contribution in [3.05, 3.63) is 71.8 Å². The first-order valence-corrected chi connectivity index (χ1v) is 7.23. The van der Waals surface area contributed by atoms with E-state index in [1.165, 1.54) is 5.56 Å². The largest absolute Gasteiger partial charge is 0.481 e. The molecule has 0 unspecified atom stereocenters. The normalized spacial score (nSPS) is 13.6. The molecule has 0 aliphatic rings. The highest BCUT2D eigenvalue weighted by Gasteiger charge is 2.25. The van der Waals surface area contributed by atoms with Crippen molar-refractivity contribution in [3.63, 3.8) is 0 Å². The topological polar surface area (TPSA) is 63.3 Å². The van der Waals surface area contributed by atoms with Crippen molar-refractivity contribution >= 4 is 5.97 Å². The maximum atomic E-state index is 11.5. The van der Waals surface area contributed by atoms with E-state index in [1.807, 2.05) is 60.7 Å². The Kier molecular flexibility index (Phi) is 5.52. The van der Waals surface area contributed by atoms with Crippen molar-refractivity contribution in [1.82, 2.24) is 0 Å². The summed E-state index contributed by atoms with van der Waals surface area (Å²) in [7, 11) is 0. The van der Waals surface area contributed by atoms with Gasteiger partial charge in [-0.1, -0.05) is 60.7 Å². The molecule has 0 aliphatic heterocycles. The lowest BCUT2D eigenvalue weighted by molar-refractivity contribution is -0.142. The summed E-state index contributed by atoms with van der Waals surface area (Å²) in [6.07, 6.45) is 1.96. The third-order valence-corrected chi connectivity index (χ3v) is 3.74. The second-order valence-corrected chi connectivity index (χ2v) is 5.32. The van der Waals surface area contributed by atoms with Crippen molar-refractivity contribution in [2.24, 2.45) is 11.7 Å². The highest BCUT2D eigenvalue weighted by atomic mass is 16.4. The predicted octanol–water partition coefficient (Wildman–Crippen LogP) is 2.89. The van der Waals surface area contributed by atoms with E-state index in [0.29, 0.717) is 12.8 Å². The van der Waals surface area contributed by atoms with Crippen LogP contribution in [0.5, 0.6) is 0 Å². The summed E-state index contributed by atoms with van der Waals surface area (Å²) >= 11 is 0. The van der Waals surface area contributed by atoms with Gasteiger partial charge in [0.2, 0.25) is 0 Å². The summed E-state index contributed by atoms with van der Waals surface area (Å²) in [6, 6.07) is 19.3. The minimum Gasteiger partial charge on any atom is -0.481 e. The van der Waals surface area contributed by atoms with Crippen molar-refractivity contribution in [3.8, 4) is 0 Å². The molecule has 0 amide bonds. The minimum atomic E-state index is -0.820. The first-order valence-electron chi connectivity index (χ1n) is 7.23. The fourth-order valence-electron chi connectivity index (χ4n) is 2.47. The van der Waals surface area contributed by atoms with Gasteiger partial charge >= 0.3 is 5.97 Å². The number of carbonyl (C=O) groups is 1. The fourth-order valence-corrected chi connectivity index (χ4v) is 2.47. The van der Waals surface area contributed by atoms with Gasteiger partial charge < -0.3 is 10.8 Å². The van der Waals surface area contributed by atoms with Crippen LogP contribution >= 0.6 is 0 Å². The number of carboxylic acids is 1. The first kappa shape index (κ1) is 15.3. The van der Waals surface area contributed by atoms with E-state index in [1.54, 1.807) is 0 Å². The number of aryl methyl sites for hydroxylation is 1. The zero-order chi connectivity index (χ0) is 15.1. The van der Waals surface area contributed by atoms with Gasteiger partial charge in [0.05, 0.1) is 5.92 Å². The summed E-state index contributed by atoms with van der Waals surface area (Å²) in [5.74, 6) is -1.37. The molecule has 2 aromatic carbocycles. The first-order chi connectivity index (χ1) is 10.2. The molecule has 0 saturated heterocycles. The number of rotatable bonds is 7. The van der Waals surface area contributed by atoms with Crippen molar-refractivity contribution in [2.75, 3.05) is 0 Å². The summed E-state index contributed by atoms with van der Waals surface area (Å²) in [5, 5.41) is 9.42. The Morgan fingerprint density at radius 2 is 1.48 bits per heavy atom. The van der Waals surface area contributed by atoms with E-state index in [2.05, 4.69) is 0 Å². The lowest BCUT2D eigenvalue weighted by atomic mass is 9.89. The van der Waals surface area contributed by atoms with E-state index in [9.17, 15) is 9.90 Å². The molecular formula is C18H21NO2. The van der Waals surface area contributed by atoms with E-state index >= 15 is 0 Å². The molecule has 0 aliphatic carbocycles. The van der Waals surface area contributed by atoms with Crippen LogP contribution < -0.4 is 5.73 Å². The van der Waals surface area contributed by atoms with E-state index in [-0.39, 0.29) is 6.04 Å². The summed E-state index contributed by atoms with van der Waals surface area (Å²) in [5.41, 5.74) is 8.34. The van der Waals surface area contributed by atoms with Crippen LogP contribution in [-0.4, -0.2) is 17.1 Å². The summed E-state index contributed by atoms with van der Waals surface area (Å²) in [4.78, 5) is 11.5. The molecule has 0 spiro atoms. The maximum Gasteiger partial charge on any atom is 0.308 e. The van der Waals surface area contributed by atoms with Crippen LogP contribution in [0.2, 0.25) is 0 Å². The van der Waals surface area contributed by atoms with E-state index in [0.717, 1.165) is 12.0 Å². The van der Waals surface area contributed by atoms with Gasteiger partial charge in [0.15, 0.2) is 0 Å². The Morgan fingerprint density at radius 3 is 2.00 bits per heavy atom. The van der Waals surface area contributed by atoms with Gasteiger partial charge in [-0.2, -0.15) is 0 Å². The fraction of sp³-hybridized carbons (Fsp3) is 0.278. The molecule has 3 heteroatoms. The molecular weight excluding hydrogens is 262 g/mol. The summed E-state index contributed by atoms with van der Waals surface area (Å²) < 4.78 is 0. The van der Waals surface area contributed by atoms with Crippen LogP contribution in [0.1, 0.15) is 17.5 Å². The lowest BCUT2D eigenvalue weighted by Gasteiger charge is -2.20. The third kappa shape index (κ3) is 4.72. The highest BCUT2D eigenvalue weighted by molar-refractivity contribution is 5.71. The van der Waals surface area contributed by atoms with Gasteiger partial charge in [-0.3, -0.25) is 4.79 Å². The van der Waals surface area contributed by atoms with Gasteiger partial charge in [0.1, 0.15) is 0 Å². The molecule has 3 nitrogen and oxygen atoms in total. The molecule has 2 atom stereocenters. The standard InChI is InChI=1S/C18H21NO2/c19-17(12-11-14-7-3-1-4-8-14)16(18(20)21)13-15-9-5-2-6-10-15/h1-10,16-17H,11-13,19H2,(H,20,21)/t16-,17-/m1/s1. The Balaban J connectivity index is 1.96. The van der Waals surface area contributed by atoms with Crippen LogP contribution in [0.25, 0.3) is 0 Å². The predicted molar refractivity (Wildman–Crippen MR) is 84.0 cm³/mol. The van der Waals surface area contributed by atoms with Crippen molar-refractivity contribution in [2.45, 2.75) is 25.3 Å². The second-order valence-electron chi connectivity index (χ2n) is 5.32. The number of hydrogen-bond acceptors (Lipinski definition) is 2. The zero-order valence-corrected chi connectivity index (χ0v) is 12.0. The molecule has 0 aromatic heterocycles. The smallest absolute Gasteiger partial charge is 0.308 e. The Bertz CT molecular complexity index is 554. The summed E-state index contributed by atoms with van der Waals surface area (Å²) in [6.45, 7) is 0. The average molecular weight is 283 g/mol. The molecule has 0 heterocycles. The Morgan fingerprint density at radius 1 is 0.952 bits per heavy atom. The molecule has 21 heavy (non-hydrogen) atoms. The molecule has 110 valence electrons. The molecule has 3 N–H and O–H groups in total. The number of carboxylic acid groups (broad SMARTS) is 1. The Hall–Kier alpha value is -2.13. The van der Waals surface area contributed by atoms with Gasteiger partial charge in [0, 0.05) is 6.04 Å². The number of nitrogens with two attached hydrogens (primary N) is 1.